The van der Waals surface area contributed by atoms with Crippen molar-refractivity contribution >= 4 is 0 Å². The number of hydrogen-bond donors (Lipinski definition) is 1. The van der Waals surface area contributed by atoms with Crippen molar-refractivity contribution in [2.45, 2.75) is 59.7 Å². The van der Waals surface area contributed by atoms with Crippen LogP contribution >= 0.6 is 0 Å². The molecule has 98 valence electrons. The van der Waals surface area contributed by atoms with Crippen LogP contribution in [-0.2, 0) is 4.74 Å². The summed E-state index contributed by atoms with van der Waals surface area (Å²) in [6.07, 6.45) is 0. The van der Waals surface area contributed by atoms with Crippen LogP contribution in [0.2, 0.25) is 0 Å². The number of nitrogens with two attached hydrogens (primary N) is 1. The highest BCUT2D eigenvalue weighted by Gasteiger charge is 2.34. The van der Waals surface area contributed by atoms with Gasteiger partial charge in [-0.3, -0.25) is 4.90 Å². The van der Waals surface area contributed by atoms with Crippen LogP contribution < -0.4 is 5.73 Å². The summed E-state index contributed by atoms with van der Waals surface area (Å²) in [6.45, 7) is 15.0. The summed E-state index contributed by atoms with van der Waals surface area (Å²) in [5.41, 5.74) is 6.34. The van der Waals surface area contributed by atoms with Crippen molar-refractivity contribution in [1.29, 1.82) is 0 Å². The van der Waals surface area contributed by atoms with Crippen molar-refractivity contribution < 1.29 is 4.74 Å². The van der Waals surface area contributed by atoms with Crippen molar-refractivity contribution in [3.63, 3.8) is 0 Å². The molecular formula is C13H30N2O. The fourth-order valence-corrected chi connectivity index (χ4v) is 2.50. The second-order valence-electron chi connectivity index (χ2n) is 5.99. The first kappa shape index (κ1) is 15.9. The predicted octanol–water partition coefficient (Wildman–Crippen LogP) is 2.11. The van der Waals surface area contributed by atoms with Gasteiger partial charge in [0.05, 0.1) is 6.61 Å². The van der Waals surface area contributed by atoms with Gasteiger partial charge in [0.2, 0.25) is 0 Å². The second-order valence-corrected chi connectivity index (χ2v) is 5.99. The maximum Gasteiger partial charge on any atom is 0.0589 e. The maximum absolute atomic E-state index is 6.15. The average Bonchev–Trinajstić information content (AvgIpc) is 2.08. The molecule has 0 saturated heterocycles. The minimum absolute atomic E-state index is 0.166. The van der Waals surface area contributed by atoms with Crippen LogP contribution in [0.4, 0.5) is 0 Å². The van der Waals surface area contributed by atoms with Crippen LogP contribution in [0.25, 0.3) is 0 Å². The van der Waals surface area contributed by atoms with E-state index in [0.29, 0.717) is 12.1 Å². The standard InChI is InChI=1S/C13H30N2O/c1-10(2)15(8-9-16-7)12(11(3)14)13(4,5)6/h10-12H,8-9,14H2,1-7H3. The summed E-state index contributed by atoms with van der Waals surface area (Å²) < 4.78 is 5.18. The Morgan fingerprint density at radius 1 is 1.19 bits per heavy atom. The molecule has 0 heterocycles. The molecule has 0 aromatic carbocycles. The first-order chi connectivity index (χ1) is 7.21. The second kappa shape index (κ2) is 6.58. The molecule has 3 nitrogen and oxygen atoms in total. The summed E-state index contributed by atoms with van der Waals surface area (Å²) in [4.78, 5) is 2.45. The molecule has 2 atom stereocenters. The lowest BCUT2D eigenvalue weighted by Gasteiger charge is -2.44. The van der Waals surface area contributed by atoms with Crippen molar-refractivity contribution in [1.82, 2.24) is 4.90 Å². The Hall–Kier alpha value is -0.120. The largest absolute Gasteiger partial charge is 0.383 e. The van der Waals surface area contributed by atoms with Gasteiger partial charge in [0, 0.05) is 31.8 Å². The highest BCUT2D eigenvalue weighted by atomic mass is 16.5. The molecule has 0 amide bonds. The third-order valence-corrected chi connectivity index (χ3v) is 2.96. The predicted molar refractivity (Wildman–Crippen MR) is 70.6 cm³/mol. The van der Waals surface area contributed by atoms with E-state index >= 15 is 0 Å². The van der Waals surface area contributed by atoms with Gasteiger partial charge in [-0.25, -0.2) is 0 Å². The van der Waals surface area contributed by atoms with Gasteiger partial charge < -0.3 is 10.5 Å². The van der Waals surface area contributed by atoms with Crippen LogP contribution in [0.5, 0.6) is 0 Å². The zero-order chi connectivity index (χ0) is 12.9. The monoisotopic (exact) mass is 230 g/mol. The zero-order valence-electron chi connectivity index (χ0n) is 12.1. The van der Waals surface area contributed by atoms with Gasteiger partial charge in [-0.05, 0) is 26.2 Å². The van der Waals surface area contributed by atoms with Crippen molar-refractivity contribution in [3.05, 3.63) is 0 Å². The minimum atomic E-state index is 0.166. The summed E-state index contributed by atoms with van der Waals surface area (Å²) in [5.74, 6) is 0. The first-order valence-electron chi connectivity index (χ1n) is 6.22. The van der Waals surface area contributed by atoms with E-state index in [0.717, 1.165) is 13.2 Å². The van der Waals surface area contributed by atoms with Gasteiger partial charge in [-0.15, -0.1) is 0 Å². The molecule has 3 heteroatoms. The lowest BCUT2D eigenvalue weighted by Crippen LogP contribution is -2.56. The molecule has 0 bridgehead atoms. The van der Waals surface area contributed by atoms with Gasteiger partial charge in [0.1, 0.15) is 0 Å². The van der Waals surface area contributed by atoms with Crippen molar-refractivity contribution in [3.8, 4) is 0 Å². The Morgan fingerprint density at radius 2 is 1.69 bits per heavy atom. The van der Waals surface area contributed by atoms with E-state index in [4.69, 9.17) is 10.5 Å². The molecule has 0 aliphatic carbocycles. The molecule has 0 aliphatic heterocycles. The molecule has 0 aromatic heterocycles. The van der Waals surface area contributed by atoms with E-state index in [1.54, 1.807) is 7.11 Å². The van der Waals surface area contributed by atoms with Gasteiger partial charge in [0.15, 0.2) is 0 Å². The molecule has 16 heavy (non-hydrogen) atoms. The van der Waals surface area contributed by atoms with E-state index < -0.39 is 0 Å². The van der Waals surface area contributed by atoms with Crippen LogP contribution in [-0.4, -0.2) is 43.3 Å². The lowest BCUT2D eigenvalue weighted by molar-refractivity contribution is 0.0329. The molecule has 2 unspecified atom stereocenters. The van der Waals surface area contributed by atoms with Crippen LogP contribution in [0.15, 0.2) is 0 Å². The molecule has 0 saturated carbocycles. The topological polar surface area (TPSA) is 38.5 Å². The van der Waals surface area contributed by atoms with E-state index in [-0.39, 0.29) is 11.5 Å². The quantitative estimate of drug-likeness (QED) is 0.759. The molecule has 0 spiro atoms. The van der Waals surface area contributed by atoms with Gasteiger partial charge in [-0.2, -0.15) is 0 Å². The fourth-order valence-electron chi connectivity index (χ4n) is 2.50. The SMILES string of the molecule is COCCN(C(C)C)C(C(C)N)C(C)(C)C. The Bertz CT molecular complexity index is 185. The molecule has 2 N–H and O–H groups in total. The van der Waals surface area contributed by atoms with E-state index in [1.807, 2.05) is 0 Å². The van der Waals surface area contributed by atoms with Gasteiger partial charge in [0.25, 0.3) is 0 Å². The van der Waals surface area contributed by atoms with Crippen LogP contribution in [0.3, 0.4) is 0 Å². The van der Waals surface area contributed by atoms with Crippen LogP contribution in [0.1, 0.15) is 41.5 Å². The van der Waals surface area contributed by atoms with Gasteiger partial charge in [-0.1, -0.05) is 20.8 Å². The van der Waals surface area contributed by atoms with E-state index in [1.165, 1.54) is 0 Å². The Balaban J connectivity index is 4.81. The van der Waals surface area contributed by atoms with Crippen LogP contribution in [0, 0.1) is 5.41 Å². The number of hydrogen-bond acceptors (Lipinski definition) is 3. The summed E-state index contributed by atoms with van der Waals surface area (Å²) in [7, 11) is 1.75. The third kappa shape index (κ3) is 4.81. The Morgan fingerprint density at radius 3 is 1.94 bits per heavy atom. The average molecular weight is 230 g/mol. The maximum atomic E-state index is 6.15. The molecule has 0 rings (SSSR count). The molecule has 0 aromatic rings. The number of rotatable bonds is 6. The smallest absolute Gasteiger partial charge is 0.0589 e. The highest BCUT2D eigenvalue weighted by molar-refractivity contribution is 4.90. The zero-order valence-corrected chi connectivity index (χ0v) is 12.1. The number of ether oxygens (including phenoxy) is 1. The highest BCUT2D eigenvalue weighted by Crippen LogP contribution is 2.27. The molecule has 0 aliphatic rings. The Kier molecular flexibility index (Phi) is 6.53. The number of methoxy groups -OCH3 is 1. The normalized spacial score (nSPS) is 16.9. The van der Waals surface area contributed by atoms with Gasteiger partial charge >= 0.3 is 0 Å². The third-order valence-electron chi connectivity index (χ3n) is 2.96. The minimum Gasteiger partial charge on any atom is -0.383 e. The first-order valence-corrected chi connectivity index (χ1v) is 6.22. The molecular weight excluding hydrogens is 200 g/mol. The summed E-state index contributed by atoms with van der Waals surface area (Å²) in [6, 6.07) is 1.03. The van der Waals surface area contributed by atoms with Crippen molar-refractivity contribution in [2.75, 3.05) is 20.3 Å². The molecule has 0 radical (unpaired) electrons. The van der Waals surface area contributed by atoms with Crippen molar-refractivity contribution in [2.24, 2.45) is 11.1 Å². The lowest BCUT2D eigenvalue weighted by atomic mass is 9.81. The summed E-state index contributed by atoms with van der Waals surface area (Å²) >= 11 is 0. The fraction of sp³-hybridized carbons (Fsp3) is 1.00. The van der Waals surface area contributed by atoms with E-state index in [2.05, 4.69) is 46.4 Å². The Labute approximate surface area is 101 Å². The van der Waals surface area contributed by atoms with E-state index in [9.17, 15) is 0 Å². The molecule has 0 fully saturated rings. The number of nitrogens with zero attached hydrogens (tertiary/aromatic N) is 1. The summed E-state index contributed by atoms with van der Waals surface area (Å²) in [5, 5.41) is 0.